The Bertz CT molecular complexity index is 1440. The van der Waals surface area contributed by atoms with Gasteiger partial charge in [-0.2, -0.15) is 5.10 Å². The molecule has 3 aromatic rings. The molecule has 0 spiro atoms. The normalized spacial score (nSPS) is 17.6. The van der Waals surface area contributed by atoms with Crippen LogP contribution in [0, 0.1) is 11.2 Å². The van der Waals surface area contributed by atoms with Crippen LogP contribution in [0.15, 0.2) is 36.5 Å². The molecular weight excluding hydrogens is 553 g/mol. The molecule has 5 rings (SSSR count). The van der Waals surface area contributed by atoms with E-state index < -0.39 is 13.9 Å². The number of carbonyl (C=O) groups is 1. The Labute approximate surface area is 247 Å². The summed E-state index contributed by atoms with van der Waals surface area (Å²) in [4.78, 5) is 20.9. The molecule has 12 heteroatoms. The van der Waals surface area contributed by atoms with Crippen molar-refractivity contribution >= 4 is 43.3 Å². The second-order valence-electron chi connectivity index (χ2n) is 12.1. The molecule has 2 saturated heterocycles. The van der Waals surface area contributed by atoms with Gasteiger partial charge in [-0.25, -0.2) is 14.1 Å². The zero-order valence-corrected chi connectivity index (χ0v) is 25.8. The Morgan fingerprint density at radius 2 is 2.05 bits per heavy atom. The first-order valence-electron chi connectivity index (χ1n) is 14.5. The van der Waals surface area contributed by atoms with Crippen molar-refractivity contribution < 1.29 is 18.7 Å². The Morgan fingerprint density at radius 1 is 1.21 bits per heavy atom. The van der Waals surface area contributed by atoms with Crippen molar-refractivity contribution in [2.24, 2.45) is 0 Å². The molecule has 0 radical (unpaired) electrons. The second-order valence-corrected chi connectivity index (χ2v) is 17.7. The van der Waals surface area contributed by atoms with E-state index in [2.05, 4.69) is 41.9 Å². The summed E-state index contributed by atoms with van der Waals surface area (Å²) in [6, 6.07) is 9.65. The average molecular weight is 594 g/mol. The number of nitrogens with zero attached hydrogens (tertiary/aromatic N) is 5. The molecule has 0 saturated carbocycles. The molecule has 4 heterocycles. The fourth-order valence-corrected chi connectivity index (χ4v) is 5.95. The molecule has 0 unspecified atom stereocenters. The summed E-state index contributed by atoms with van der Waals surface area (Å²) >= 11 is 0. The molecular formula is C30H40FN7O3Si. The van der Waals surface area contributed by atoms with Gasteiger partial charge in [0.15, 0.2) is 5.82 Å². The minimum atomic E-state index is -1.18. The summed E-state index contributed by atoms with van der Waals surface area (Å²) < 4.78 is 28.9. The van der Waals surface area contributed by atoms with Gasteiger partial charge < -0.3 is 30.0 Å². The van der Waals surface area contributed by atoms with E-state index in [1.54, 1.807) is 21.7 Å². The van der Waals surface area contributed by atoms with Crippen molar-refractivity contribution in [3.05, 3.63) is 47.9 Å². The number of aromatic nitrogens is 3. The molecule has 10 nitrogen and oxygen atoms in total. The third-order valence-corrected chi connectivity index (χ3v) is 9.29. The van der Waals surface area contributed by atoms with E-state index >= 15 is 4.39 Å². The number of carbonyl (C=O) groups excluding carboxylic acids is 1. The third-order valence-electron chi connectivity index (χ3n) is 7.59. The summed E-state index contributed by atoms with van der Waals surface area (Å²) in [5.74, 6) is 1.14. The lowest BCUT2D eigenvalue weighted by molar-refractivity contribution is -0.117. The number of ether oxygens (including phenoxy) is 2. The number of nitrogens with one attached hydrogen (secondary N) is 2. The molecule has 224 valence electrons. The monoisotopic (exact) mass is 593 g/mol. The highest BCUT2D eigenvalue weighted by Gasteiger charge is 2.26. The van der Waals surface area contributed by atoms with Gasteiger partial charge in [0.25, 0.3) is 0 Å². The Morgan fingerprint density at radius 3 is 2.74 bits per heavy atom. The number of morpholine rings is 1. The first-order valence-corrected chi connectivity index (χ1v) is 18.2. The molecule has 2 aliphatic rings. The largest absolute Gasteiger partial charge is 0.377 e. The fourth-order valence-electron chi connectivity index (χ4n) is 5.19. The summed E-state index contributed by atoms with van der Waals surface area (Å²) in [6.45, 7) is 12.4. The summed E-state index contributed by atoms with van der Waals surface area (Å²) in [7, 11) is -1.18. The first kappa shape index (κ1) is 29.9. The maximum absolute atomic E-state index is 15.8. The van der Waals surface area contributed by atoms with Gasteiger partial charge in [0.1, 0.15) is 24.2 Å². The summed E-state index contributed by atoms with van der Waals surface area (Å²) in [5, 5.41) is 16.1. The zero-order chi connectivity index (χ0) is 29.9. The molecule has 0 bridgehead atoms. The summed E-state index contributed by atoms with van der Waals surface area (Å²) in [5.41, 5.74) is 1.84. The Balaban J connectivity index is 1.47. The highest BCUT2D eigenvalue weighted by molar-refractivity contribution is 6.76. The van der Waals surface area contributed by atoms with E-state index in [-0.39, 0.29) is 11.9 Å². The molecule has 1 atom stereocenters. The fraction of sp³-hybridized carbons (Fsp3) is 0.467. The number of amides is 1. The van der Waals surface area contributed by atoms with Crippen LogP contribution in [-0.4, -0.2) is 73.9 Å². The minimum Gasteiger partial charge on any atom is -0.377 e. The molecule has 2 aromatic heterocycles. The van der Waals surface area contributed by atoms with Crippen molar-refractivity contribution in [3.63, 3.8) is 0 Å². The van der Waals surface area contributed by atoms with Crippen LogP contribution in [0.25, 0.3) is 11.1 Å². The van der Waals surface area contributed by atoms with Crippen LogP contribution in [0.5, 0.6) is 0 Å². The van der Waals surface area contributed by atoms with Crippen LogP contribution in [0.2, 0.25) is 25.7 Å². The molecule has 0 aliphatic carbocycles. The van der Waals surface area contributed by atoms with Gasteiger partial charge in [0.2, 0.25) is 5.91 Å². The highest BCUT2D eigenvalue weighted by Crippen LogP contribution is 2.36. The van der Waals surface area contributed by atoms with Gasteiger partial charge in [0.05, 0.1) is 19.3 Å². The van der Waals surface area contributed by atoms with Gasteiger partial charge in [-0.15, -0.1) is 0 Å². The van der Waals surface area contributed by atoms with Crippen LogP contribution >= 0.6 is 0 Å². The van der Waals surface area contributed by atoms with Crippen molar-refractivity contribution in [2.75, 3.05) is 48.0 Å². The smallest absolute Gasteiger partial charge is 0.227 e. The van der Waals surface area contributed by atoms with Crippen molar-refractivity contribution in [1.29, 1.82) is 5.41 Å². The van der Waals surface area contributed by atoms with E-state index in [9.17, 15) is 4.79 Å². The third kappa shape index (κ3) is 6.88. The van der Waals surface area contributed by atoms with E-state index in [4.69, 9.17) is 19.9 Å². The minimum absolute atomic E-state index is 0.00205. The lowest BCUT2D eigenvalue weighted by atomic mass is 9.99. The topological polar surface area (TPSA) is 109 Å². The van der Waals surface area contributed by atoms with Crippen LogP contribution in [-0.2, 0) is 21.0 Å². The lowest BCUT2D eigenvalue weighted by Gasteiger charge is -2.35. The Hall–Kier alpha value is -3.61. The van der Waals surface area contributed by atoms with Gasteiger partial charge in [-0.3, -0.25) is 4.79 Å². The van der Waals surface area contributed by atoms with E-state index in [0.717, 1.165) is 12.5 Å². The van der Waals surface area contributed by atoms with Gasteiger partial charge in [-0.1, -0.05) is 19.6 Å². The molecule has 2 aliphatic heterocycles. The van der Waals surface area contributed by atoms with Crippen LogP contribution in [0.4, 0.5) is 27.5 Å². The number of hydrogen-bond donors (Lipinski definition) is 2. The molecule has 2 fully saturated rings. The maximum Gasteiger partial charge on any atom is 0.227 e. The summed E-state index contributed by atoms with van der Waals surface area (Å²) in [6.07, 6.45) is 4.25. The Kier molecular flexibility index (Phi) is 9.04. The number of pyridine rings is 1. The van der Waals surface area contributed by atoms with Gasteiger partial charge in [0, 0.05) is 75.0 Å². The second kappa shape index (κ2) is 12.7. The molecule has 2 N–H and O–H groups in total. The van der Waals surface area contributed by atoms with Gasteiger partial charge in [-0.05, 0) is 43.7 Å². The van der Waals surface area contributed by atoms with Crippen molar-refractivity contribution in [3.8, 4) is 11.1 Å². The zero-order valence-electron chi connectivity index (χ0n) is 24.8. The first-order chi connectivity index (χ1) is 20.1. The standard InChI is InChI=1S/C30H40FN7O3Si/c1-21-19-40-13-12-37(21)28-17-24(23-8-7-22(16-26(23)31)38-10-5-6-29(38)39)25(18-32)30(34-28)33-27-9-11-36(35-27)20-41-14-15-42(2,3)4/h7-9,11,16-18,21,32H,5-6,10,12-15,19-20H2,1-4H3,(H,33,34,35)/t21-/m1/s1. The molecule has 1 aromatic carbocycles. The number of halogens is 1. The highest BCUT2D eigenvalue weighted by atomic mass is 28.3. The van der Waals surface area contributed by atoms with E-state index in [1.807, 2.05) is 18.3 Å². The predicted molar refractivity (Wildman–Crippen MR) is 166 cm³/mol. The van der Waals surface area contributed by atoms with Crippen LogP contribution in [0.1, 0.15) is 25.3 Å². The maximum atomic E-state index is 15.8. The van der Waals surface area contributed by atoms with Gasteiger partial charge >= 0.3 is 0 Å². The number of rotatable bonds is 11. The van der Waals surface area contributed by atoms with E-state index in [1.165, 1.54) is 12.3 Å². The quantitative estimate of drug-likeness (QED) is 0.172. The molecule has 42 heavy (non-hydrogen) atoms. The van der Waals surface area contributed by atoms with Crippen molar-refractivity contribution in [1.82, 2.24) is 14.8 Å². The number of hydrogen-bond acceptors (Lipinski definition) is 8. The molecule has 1 amide bonds. The number of benzene rings is 1. The number of anilines is 4. The SMILES string of the molecule is C[C@@H]1COCCN1c1cc(-c2ccc(N3CCCC3=O)cc2F)c(C=N)c(Nc2ccn(COCC[Si](C)(C)C)n2)n1. The predicted octanol–water partition coefficient (Wildman–Crippen LogP) is 5.49. The lowest BCUT2D eigenvalue weighted by Crippen LogP contribution is -2.44. The van der Waals surface area contributed by atoms with E-state index in [0.29, 0.717) is 85.9 Å². The van der Waals surface area contributed by atoms with Crippen LogP contribution < -0.4 is 15.1 Å². The van der Waals surface area contributed by atoms with Crippen LogP contribution in [0.3, 0.4) is 0 Å². The average Bonchev–Trinajstić information content (AvgIpc) is 3.59. The van der Waals surface area contributed by atoms with Crippen molar-refractivity contribution in [2.45, 2.75) is 58.2 Å².